The highest BCUT2D eigenvalue weighted by Gasteiger charge is 2.14. The van der Waals surface area contributed by atoms with Gasteiger partial charge in [0.2, 0.25) is 5.28 Å². The van der Waals surface area contributed by atoms with Crippen molar-refractivity contribution in [2.24, 2.45) is 0 Å². The molecular weight excluding hydrogens is 258 g/mol. The number of nitrogens with one attached hydrogen (secondary N) is 3. The van der Waals surface area contributed by atoms with Gasteiger partial charge in [-0.1, -0.05) is 5.21 Å². The number of fused-ring (bicyclic) bond motifs is 1. The molecule has 0 fully saturated rings. The van der Waals surface area contributed by atoms with Crippen molar-refractivity contribution in [3.8, 4) is 0 Å². The Morgan fingerprint density at radius 1 is 1.39 bits per heavy atom. The molecule has 0 radical (unpaired) electrons. The molecule has 3 heterocycles. The van der Waals surface area contributed by atoms with E-state index >= 15 is 0 Å². The number of nitrogens with zero attached hydrogens (tertiary/aromatic N) is 6. The van der Waals surface area contributed by atoms with Crippen LogP contribution in [0.4, 0.5) is 5.82 Å². The van der Waals surface area contributed by atoms with Crippen LogP contribution in [0.5, 0.6) is 0 Å². The quantitative estimate of drug-likeness (QED) is 0.596. The lowest BCUT2D eigenvalue weighted by molar-refractivity contribution is 0.788. The Morgan fingerprint density at radius 3 is 3.06 bits per heavy atom. The maximum Gasteiger partial charge on any atom is 0.226 e. The van der Waals surface area contributed by atoms with Gasteiger partial charge in [0.25, 0.3) is 0 Å². The molecule has 0 spiro atoms. The molecule has 3 aromatic rings. The lowest BCUT2D eigenvalue weighted by Gasteiger charge is -2.10. The molecular formula is C8H8ClN9. The van der Waals surface area contributed by atoms with E-state index < -0.39 is 0 Å². The molecule has 9 nitrogen and oxygen atoms in total. The molecule has 3 rings (SSSR count). The number of H-pyrrole nitrogens is 2. The Balaban J connectivity index is 1.97. The van der Waals surface area contributed by atoms with Gasteiger partial charge in [0, 0.05) is 0 Å². The lowest BCUT2D eigenvalue weighted by atomic mass is 10.3. The summed E-state index contributed by atoms with van der Waals surface area (Å²) < 4.78 is 0. The van der Waals surface area contributed by atoms with E-state index in [4.69, 9.17) is 11.6 Å². The van der Waals surface area contributed by atoms with Crippen LogP contribution in [0.25, 0.3) is 11.2 Å². The Kier molecular flexibility index (Phi) is 2.52. The molecule has 0 bridgehead atoms. The summed E-state index contributed by atoms with van der Waals surface area (Å²) in [6, 6.07) is -0.179. The number of aromatic amines is 2. The van der Waals surface area contributed by atoms with Gasteiger partial charge in [-0.3, -0.25) is 0 Å². The zero-order valence-corrected chi connectivity index (χ0v) is 9.97. The van der Waals surface area contributed by atoms with Gasteiger partial charge in [0.1, 0.15) is 5.52 Å². The van der Waals surface area contributed by atoms with E-state index in [1.54, 1.807) is 0 Å². The monoisotopic (exact) mass is 265 g/mol. The van der Waals surface area contributed by atoms with Crippen LogP contribution in [0.2, 0.25) is 5.28 Å². The lowest BCUT2D eigenvalue weighted by Crippen LogP contribution is -2.10. The van der Waals surface area contributed by atoms with E-state index in [-0.39, 0.29) is 11.3 Å². The van der Waals surface area contributed by atoms with E-state index in [0.717, 1.165) is 0 Å². The van der Waals surface area contributed by atoms with E-state index in [1.807, 2.05) is 6.92 Å². The number of tetrazole rings is 1. The van der Waals surface area contributed by atoms with Crippen molar-refractivity contribution in [3.05, 3.63) is 17.4 Å². The first kappa shape index (κ1) is 10.8. The zero-order chi connectivity index (χ0) is 12.5. The van der Waals surface area contributed by atoms with Crippen molar-refractivity contribution in [2.75, 3.05) is 5.32 Å². The number of hydrogen-bond acceptors (Lipinski definition) is 7. The third-order valence-corrected chi connectivity index (χ3v) is 2.53. The van der Waals surface area contributed by atoms with Crippen LogP contribution in [0.3, 0.4) is 0 Å². The molecule has 3 aromatic heterocycles. The fourth-order valence-electron chi connectivity index (χ4n) is 1.53. The average Bonchev–Trinajstić information content (AvgIpc) is 2.98. The van der Waals surface area contributed by atoms with Gasteiger partial charge < -0.3 is 10.3 Å². The van der Waals surface area contributed by atoms with Crippen molar-refractivity contribution in [1.29, 1.82) is 0 Å². The SMILES string of the molecule is CC(Nc1nc(Cl)nc2nc[nH]c12)c1nn[nH]n1. The number of hydrogen-bond donors (Lipinski definition) is 3. The number of aromatic nitrogens is 8. The van der Waals surface area contributed by atoms with Crippen LogP contribution < -0.4 is 5.32 Å². The first-order chi connectivity index (χ1) is 8.74. The van der Waals surface area contributed by atoms with E-state index in [2.05, 4.69) is 45.9 Å². The topological polar surface area (TPSA) is 121 Å². The molecule has 1 atom stereocenters. The number of halogens is 1. The minimum atomic E-state index is -0.179. The van der Waals surface area contributed by atoms with E-state index in [1.165, 1.54) is 6.33 Å². The van der Waals surface area contributed by atoms with E-state index in [9.17, 15) is 0 Å². The zero-order valence-electron chi connectivity index (χ0n) is 9.22. The summed E-state index contributed by atoms with van der Waals surface area (Å²) in [6.07, 6.45) is 1.53. The molecule has 0 saturated heterocycles. The van der Waals surface area contributed by atoms with Gasteiger partial charge in [-0.05, 0) is 18.5 Å². The first-order valence-electron chi connectivity index (χ1n) is 5.10. The fraction of sp³-hybridized carbons (Fsp3) is 0.250. The number of anilines is 1. The minimum absolute atomic E-state index is 0.123. The molecule has 10 heteroatoms. The Hall–Kier alpha value is -2.29. The standard InChI is InChI=1S/C8H8ClN9/c1-3(5-15-17-18-16-5)12-7-4-6(11-2-10-4)13-8(9)14-7/h2-3H,1H3,(H,15,16,17,18)(H2,10,11,12,13,14). The Labute approximate surface area is 105 Å². The minimum Gasteiger partial charge on any atom is -0.358 e. The molecule has 3 N–H and O–H groups in total. The second kappa shape index (κ2) is 4.18. The van der Waals surface area contributed by atoms with Crippen LogP contribution in [0, 0.1) is 0 Å². The summed E-state index contributed by atoms with van der Waals surface area (Å²) in [6.45, 7) is 1.88. The predicted molar refractivity (Wildman–Crippen MR) is 62.9 cm³/mol. The normalized spacial score (nSPS) is 12.8. The Bertz CT molecular complexity index is 660. The van der Waals surface area contributed by atoms with Crippen molar-refractivity contribution < 1.29 is 0 Å². The van der Waals surface area contributed by atoms with Crippen LogP contribution >= 0.6 is 11.6 Å². The van der Waals surface area contributed by atoms with Gasteiger partial charge >= 0.3 is 0 Å². The molecule has 0 aliphatic heterocycles. The highest BCUT2D eigenvalue weighted by molar-refractivity contribution is 6.28. The molecule has 1 unspecified atom stereocenters. The average molecular weight is 266 g/mol. The maximum atomic E-state index is 5.82. The van der Waals surface area contributed by atoms with E-state index in [0.29, 0.717) is 22.8 Å². The second-order valence-electron chi connectivity index (χ2n) is 3.58. The summed E-state index contributed by atoms with van der Waals surface area (Å²) in [5, 5.41) is 16.9. The molecule has 0 aromatic carbocycles. The smallest absolute Gasteiger partial charge is 0.226 e. The maximum absolute atomic E-state index is 5.82. The van der Waals surface area contributed by atoms with Crippen LogP contribution in [-0.4, -0.2) is 40.6 Å². The molecule has 0 amide bonds. The molecule has 0 aliphatic rings. The summed E-state index contributed by atoms with van der Waals surface area (Å²) >= 11 is 5.82. The Morgan fingerprint density at radius 2 is 2.28 bits per heavy atom. The molecule has 92 valence electrons. The summed E-state index contributed by atoms with van der Waals surface area (Å²) in [5.41, 5.74) is 1.17. The number of rotatable bonds is 3. The van der Waals surface area contributed by atoms with Crippen molar-refractivity contribution in [1.82, 2.24) is 40.6 Å². The third-order valence-electron chi connectivity index (χ3n) is 2.36. The predicted octanol–water partition coefficient (Wildman–Crippen LogP) is 0.692. The number of imidazole rings is 1. The van der Waals surface area contributed by atoms with Gasteiger partial charge in [-0.2, -0.15) is 15.2 Å². The van der Waals surface area contributed by atoms with Gasteiger partial charge in [0.05, 0.1) is 12.4 Å². The highest BCUT2D eigenvalue weighted by Crippen LogP contribution is 2.22. The summed E-state index contributed by atoms with van der Waals surface area (Å²) in [4.78, 5) is 15.1. The van der Waals surface area contributed by atoms with Crippen LogP contribution in [-0.2, 0) is 0 Å². The largest absolute Gasteiger partial charge is 0.358 e. The van der Waals surface area contributed by atoms with Crippen LogP contribution in [0.15, 0.2) is 6.33 Å². The third kappa shape index (κ3) is 1.84. The van der Waals surface area contributed by atoms with Crippen molar-refractivity contribution in [2.45, 2.75) is 13.0 Å². The molecule has 18 heavy (non-hydrogen) atoms. The summed E-state index contributed by atoms with van der Waals surface area (Å²) in [5.74, 6) is 1.07. The fourth-order valence-corrected chi connectivity index (χ4v) is 1.70. The van der Waals surface area contributed by atoms with Gasteiger partial charge in [0.15, 0.2) is 17.3 Å². The van der Waals surface area contributed by atoms with Crippen LogP contribution in [0.1, 0.15) is 18.8 Å². The highest BCUT2D eigenvalue weighted by atomic mass is 35.5. The van der Waals surface area contributed by atoms with Gasteiger partial charge in [-0.15, -0.1) is 10.2 Å². The molecule has 0 aliphatic carbocycles. The van der Waals surface area contributed by atoms with Gasteiger partial charge in [-0.25, -0.2) is 4.98 Å². The summed E-state index contributed by atoms with van der Waals surface area (Å²) in [7, 11) is 0. The second-order valence-corrected chi connectivity index (χ2v) is 3.92. The van der Waals surface area contributed by atoms with Crippen molar-refractivity contribution in [3.63, 3.8) is 0 Å². The first-order valence-corrected chi connectivity index (χ1v) is 5.48. The van der Waals surface area contributed by atoms with Crippen molar-refractivity contribution >= 4 is 28.6 Å². The molecule has 0 saturated carbocycles.